The van der Waals surface area contributed by atoms with Gasteiger partial charge >= 0.3 is 0 Å². The zero-order valence-electron chi connectivity index (χ0n) is 9.06. The monoisotopic (exact) mass is 236 g/mol. The van der Waals surface area contributed by atoms with Gasteiger partial charge in [0.2, 0.25) is 0 Å². The van der Waals surface area contributed by atoms with E-state index in [9.17, 15) is 4.79 Å². The van der Waals surface area contributed by atoms with Gasteiger partial charge in [-0.05, 0) is 12.0 Å². The van der Waals surface area contributed by atoms with Crippen molar-refractivity contribution in [3.63, 3.8) is 0 Å². The van der Waals surface area contributed by atoms with Gasteiger partial charge in [-0.25, -0.2) is 0 Å². The number of hydrogen-bond acceptors (Lipinski definition) is 4. The van der Waals surface area contributed by atoms with Gasteiger partial charge in [0.25, 0.3) is 0 Å². The Morgan fingerprint density at radius 1 is 1.50 bits per heavy atom. The van der Waals surface area contributed by atoms with Gasteiger partial charge in [0.05, 0.1) is 6.04 Å². The van der Waals surface area contributed by atoms with Crippen LogP contribution in [0.15, 0.2) is 30.3 Å². The van der Waals surface area contributed by atoms with Crippen molar-refractivity contribution in [2.24, 2.45) is 5.73 Å². The van der Waals surface area contributed by atoms with Crippen LogP contribution in [0.2, 0.25) is 0 Å². The fourth-order valence-corrected chi connectivity index (χ4v) is 2.82. The highest BCUT2D eigenvalue weighted by Crippen LogP contribution is 2.16. The average Bonchev–Trinajstić information content (AvgIpc) is 2.83. The number of carbonyl (C=O) groups excluding carboxylic acids is 1. The molecule has 1 aliphatic heterocycles. The normalized spacial score (nSPS) is 21.9. The maximum absolute atomic E-state index is 11.9. The molecule has 0 radical (unpaired) electrons. The van der Waals surface area contributed by atoms with Crippen molar-refractivity contribution >= 4 is 17.5 Å². The molecule has 3 nitrogen and oxygen atoms in total. The molecule has 4 heteroatoms. The van der Waals surface area contributed by atoms with Crippen LogP contribution in [0, 0.1) is 0 Å². The van der Waals surface area contributed by atoms with Crippen molar-refractivity contribution < 1.29 is 4.79 Å². The molecule has 0 saturated carbocycles. The molecule has 1 aliphatic rings. The molecular formula is C12H16N2OS. The maximum atomic E-state index is 11.9. The lowest BCUT2D eigenvalue weighted by atomic mass is 10.0. The zero-order chi connectivity index (χ0) is 11.4. The van der Waals surface area contributed by atoms with E-state index in [1.54, 1.807) is 11.8 Å². The molecule has 2 unspecified atom stereocenters. The summed E-state index contributed by atoms with van der Waals surface area (Å²) >= 11 is 1.65. The molecule has 2 rings (SSSR count). The molecule has 0 aromatic heterocycles. The van der Waals surface area contributed by atoms with Crippen LogP contribution < -0.4 is 11.1 Å². The third kappa shape index (κ3) is 2.84. The molecule has 2 atom stereocenters. The van der Waals surface area contributed by atoms with Gasteiger partial charge in [-0.2, -0.15) is 0 Å². The molecule has 1 heterocycles. The van der Waals surface area contributed by atoms with Crippen LogP contribution in [0.4, 0.5) is 0 Å². The van der Waals surface area contributed by atoms with E-state index in [2.05, 4.69) is 5.32 Å². The van der Waals surface area contributed by atoms with E-state index in [-0.39, 0.29) is 11.2 Å². The average molecular weight is 236 g/mol. The predicted molar refractivity (Wildman–Crippen MR) is 67.4 cm³/mol. The highest BCUT2D eigenvalue weighted by atomic mass is 32.2. The highest BCUT2D eigenvalue weighted by molar-refractivity contribution is 8.00. The summed E-state index contributed by atoms with van der Waals surface area (Å²) in [6.45, 7) is 0.902. The van der Waals surface area contributed by atoms with Gasteiger partial charge < -0.3 is 5.73 Å². The Kier molecular flexibility index (Phi) is 3.98. The summed E-state index contributed by atoms with van der Waals surface area (Å²) in [5.41, 5.74) is 7.04. The third-order valence-electron chi connectivity index (χ3n) is 2.64. The largest absolute Gasteiger partial charge is 0.321 e. The van der Waals surface area contributed by atoms with E-state index in [1.165, 1.54) is 0 Å². The Bertz CT molecular complexity index is 349. The van der Waals surface area contributed by atoms with Gasteiger partial charge in [-0.1, -0.05) is 30.3 Å². The van der Waals surface area contributed by atoms with E-state index in [0.29, 0.717) is 6.42 Å². The minimum atomic E-state index is -0.398. The number of nitrogens with one attached hydrogen (secondary N) is 1. The van der Waals surface area contributed by atoms with Crippen LogP contribution in [0.1, 0.15) is 5.56 Å². The molecule has 86 valence electrons. The first-order valence-corrected chi connectivity index (χ1v) is 6.50. The van der Waals surface area contributed by atoms with E-state index in [4.69, 9.17) is 5.73 Å². The maximum Gasteiger partial charge on any atom is 0.176 e. The number of benzene rings is 1. The Hall–Kier alpha value is -0.840. The topological polar surface area (TPSA) is 55.1 Å². The fourth-order valence-electron chi connectivity index (χ4n) is 1.77. The first-order chi connectivity index (χ1) is 7.77. The molecule has 1 saturated heterocycles. The SMILES string of the molecule is NC(Cc1ccccc1)C(=O)C1NCCS1. The van der Waals surface area contributed by atoms with E-state index >= 15 is 0 Å². The highest BCUT2D eigenvalue weighted by Gasteiger charge is 2.27. The van der Waals surface area contributed by atoms with E-state index < -0.39 is 6.04 Å². The second kappa shape index (κ2) is 5.48. The zero-order valence-corrected chi connectivity index (χ0v) is 9.87. The number of ketones is 1. The Balaban J connectivity index is 1.92. The third-order valence-corrected chi connectivity index (χ3v) is 3.81. The van der Waals surface area contributed by atoms with Gasteiger partial charge in [-0.3, -0.25) is 10.1 Å². The molecule has 0 amide bonds. The lowest BCUT2D eigenvalue weighted by Gasteiger charge is -2.15. The van der Waals surface area contributed by atoms with E-state index in [1.807, 2.05) is 30.3 Å². The van der Waals surface area contributed by atoms with Crippen LogP contribution in [-0.2, 0) is 11.2 Å². The first kappa shape index (κ1) is 11.6. The smallest absolute Gasteiger partial charge is 0.176 e. The Morgan fingerprint density at radius 3 is 2.88 bits per heavy atom. The number of Topliss-reactive ketones (excluding diaryl/α,β-unsaturated/α-hetero) is 1. The number of thioether (sulfide) groups is 1. The molecule has 3 N–H and O–H groups in total. The van der Waals surface area contributed by atoms with Crippen LogP contribution in [0.3, 0.4) is 0 Å². The fraction of sp³-hybridized carbons (Fsp3) is 0.417. The van der Waals surface area contributed by atoms with Crippen molar-refractivity contribution in [2.45, 2.75) is 17.8 Å². The summed E-state index contributed by atoms with van der Waals surface area (Å²) in [5.74, 6) is 1.11. The molecule has 0 spiro atoms. The van der Waals surface area contributed by atoms with Gasteiger partial charge in [-0.15, -0.1) is 11.8 Å². The molecule has 16 heavy (non-hydrogen) atoms. The number of rotatable bonds is 4. The Morgan fingerprint density at radius 2 is 2.25 bits per heavy atom. The summed E-state index contributed by atoms with van der Waals surface area (Å²) in [5, 5.41) is 3.06. The molecule has 0 bridgehead atoms. The number of nitrogens with two attached hydrogens (primary N) is 1. The van der Waals surface area contributed by atoms with Gasteiger partial charge in [0.15, 0.2) is 5.78 Å². The second-order valence-electron chi connectivity index (χ2n) is 3.90. The minimum absolute atomic E-state index is 0.0984. The summed E-state index contributed by atoms with van der Waals surface area (Å²) in [7, 11) is 0. The van der Waals surface area contributed by atoms with Crippen molar-refractivity contribution in [3.05, 3.63) is 35.9 Å². The van der Waals surface area contributed by atoms with Crippen LogP contribution in [0.25, 0.3) is 0 Å². The molecule has 1 fully saturated rings. The summed E-state index contributed by atoms with van der Waals surface area (Å²) in [4.78, 5) is 11.9. The lowest BCUT2D eigenvalue weighted by Crippen LogP contribution is -2.43. The van der Waals surface area contributed by atoms with Crippen molar-refractivity contribution in [2.75, 3.05) is 12.3 Å². The van der Waals surface area contributed by atoms with Crippen molar-refractivity contribution in [1.29, 1.82) is 0 Å². The van der Waals surface area contributed by atoms with Crippen molar-refractivity contribution in [1.82, 2.24) is 5.32 Å². The van der Waals surface area contributed by atoms with Crippen LogP contribution in [-0.4, -0.2) is 29.5 Å². The molecule has 0 aliphatic carbocycles. The summed E-state index contributed by atoms with van der Waals surface area (Å²) in [6.07, 6.45) is 0.623. The van der Waals surface area contributed by atoms with Gasteiger partial charge in [0, 0.05) is 12.3 Å². The Labute approximate surface area is 99.8 Å². The lowest BCUT2D eigenvalue weighted by molar-refractivity contribution is -0.120. The molecule has 1 aromatic rings. The number of hydrogen-bond donors (Lipinski definition) is 2. The standard InChI is InChI=1S/C12H16N2OS/c13-10(8-9-4-2-1-3-5-9)11(15)12-14-6-7-16-12/h1-5,10,12,14H,6-8,13H2. The predicted octanol–water partition coefficient (Wildman–Crippen LogP) is 0.788. The van der Waals surface area contributed by atoms with Gasteiger partial charge in [0.1, 0.15) is 5.37 Å². The summed E-state index contributed by atoms with van der Waals surface area (Å²) < 4.78 is 0. The summed E-state index contributed by atoms with van der Waals surface area (Å²) in [6, 6.07) is 9.51. The van der Waals surface area contributed by atoms with E-state index in [0.717, 1.165) is 17.9 Å². The molecular weight excluding hydrogens is 220 g/mol. The second-order valence-corrected chi connectivity index (χ2v) is 5.12. The minimum Gasteiger partial charge on any atom is -0.321 e. The van der Waals surface area contributed by atoms with Crippen molar-refractivity contribution in [3.8, 4) is 0 Å². The van der Waals surface area contributed by atoms with Crippen LogP contribution >= 0.6 is 11.8 Å². The van der Waals surface area contributed by atoms with Crippen LogP contribution in [0.5, 0.6) is 0 Å². The first-order valence-electron chi connectivity index (χ1n) is 5.45. The molecule has 1 aromatic carbocycles. The quantitative estimate of drug-likeness (QED) is 0.811. The number of carbonyl (C=O) groups is 1.